The van der Waals surface area contributed by atoms with Gasteiger partial charge in [0.2, 0.25) is 0 Å². The Morgan fingerprint density at radius 3 is 3.06 bits per heavy atom. The molecular formula is C12H19NO3. The summed E-state index contributed by atoms with van der Waals surface area (Å²) < 4.78 is 16.6. The van der Waals surface area contributed by atoms with Gasteiger partial charge in [0.25, 0.3) is 0 Å². The highest BCUT2D eigenvalue weighted by atomic mass is 16.5. The lowest BCUT2D eigenvalue weighted by atomic mass is 10.2. The molecule has 1 aliphatic heterocycles. The van der Waals surface area contributed by atoms with Gasteiger partial charge in [0.15, 0.2) is 0 Å². The van der Waals surface area contributed by atoms with Gasteiger partial charge in [0, 0.05) is 6.61 Å². The minimum atomic E-state index is 0.269. The molecule has 4 nitrogen and oxygen atoms in total. The number of aryl methyl sites for hydroxylation is 1. The third kappa shape index (κ3) is 2.84. The molecule has 2 rings (SSSR count). The van der Waals surface area contributed by atoms with E-state index in [0.29, 0.717) is 19.8 Å². The molecule has 1 atom stereocenters. The third-order valence-electron chi connectivity index (χ3n) is 2.83. The van der Waals surface area contributed by atoms with Crippen LogP contribution >= 0.6 is 0 Å². The predicted molar refractivity (Wildman–Crippen MR) is 60.0 cm³/mol. The van der Waals surface area contributed by atoms with Crippen molar-refractivity contribution in [3.05, 3.63) is 23.2 Å². The molecule has 0 aliphatic carbocycles. The van der Waals surface area contributed by atoms with Gasteiger partial charge in [0.05, 0.1) is 19.3 Å². The number of hydrogen-bond acceptors (Lipinski definition) is 4. The molecule has 0 bridgehead atoms. The lowest BCUT2D eigenvalue weighted by molar-refractivity contribution is 0.00559. The van der Waals surface area contributed by atoms with Crippen molar-refractivity contribution >= 4 is 0 Å². The van der Waals surface area contributed by atoms with E-state index >= 15 is 0 Å². The SMILES string of the molecule is Cc1cc(COCC2CCCO2)oc1CN. The molecular weight excluding hydrogens is 206 g/mol. The van der Waals surface area contributed by atoms with Crippen molar-refractivity contribution in [1.29, 1.82) is 0 Å². The first-order valence-electron chi connectivity index (χ1n) is 5.77. The molecule has 1 fully saturated rings. The number of furan rings is 1. The van der Waals surface area contributed by atoms with Crippen molar-refractivity contribution in [2.75, 3.05) is 13.2 Å². The highest BCUT2D eigenvalue weighted by molar-refractivity contribution is 5.19. The van der Waals surface area contributed by atoms with Gasteiger partial charge in [-0.1, -0.05) is 0 Å². The lowest BCUT2D eigenvalue weighted by Crippen LogP contribution is -2.13. The molecule has 1 aliphatic rings. The predicted octanol–water partition coefficient (Wildman–Crippen LogP) is 1.74. The van der Waals surface area contributed by atoms with Gasteiger partial charge in [-0.25, -0.2) is 0 Å². The van der Waals surface area contributed by atoms with E-state index in [4.69, 9.17) is 19.6 Å². The molecule has 1 unspecified atom stereocenters. The van der Waals surface area contributed by atoms with Crippen molar-refractivity contribution in [2.24, 2.45) is 5.73 Å². The summed E-state index contributed by atoms with van der Waals surface area (Å²) in [5.41, 5.74) is 6.63. The van der Waals surface area contributed by atoms with Crippen LogP contribution in [0, 0.1) is 6.92 Å². The lowest BCUT2D eigenvalue weighted by Gasteiger charge is -2.08. The Balaban J connectivity index is 1.75. The Labute approximate surface area is 95.7 Å². The fraction of sp³-hybridized carbons (Fsp3) is 0.667. The fourth-order valence-corrected chi connectivity index (χ4v) is 1.93. The van der Waals surface area contributed by atoms with E-state index in [1.807, 2.05) is 13.0 Å². The molecule has 16 heavy (non-hydrogen) atoms. The minimum Gasteiger partial charge on any atom is -0.462 e. The summed E-state index contributed by atoms with van der Waals surface area (Å²) in [7, 11) is 0. The maximum Gasteiger partial charge on any atom is 0.130 e. The zero-order valence-electron chi connectivity index (χ0n) is 9.70. The van der Waals surface area contributed by atoms with Crippen LogP contribution in [0.15, 0.2) is 10.5 Å². The normalized spacial score (nSPS) is 20.5. The summed E-state index contributed by atoms with van der Waals surface area (Å²) in [5, 5.41) is 0. The van der Waals surface area contributed by atoms with Crippen LogP contribution in [-0.2, 0) is 22.6 Å². The van der Waals surface area contributed by atoms with Crippen LogP contribution < -0.4 is 5.73 Å². The van der Waals surface area contributed by atoms with Gasteiger partial charge >= 0.3 is 0 Å². The van der Waals surface area contributed by atoms with E-state index in [9.17, 15) is 0 Å². The summed E-state index contributed by atoms with van der Waals surface area (Å²) in [6.07, 6.45) is 2.52. The molecule has 0 saturated carbocycles. The van der Waals surface area contributed by atoms with Gasteiger partial charge in [-0.3, -0.25) is 0 Å². The van der Waals surface area contributed by atoms with Crippen LogP contribution in [0.1, 0.15) is 29.9 Å². The van der Waals surface area contributed by atoms with Crippen molar-refractivity contribution < 1.29 is 13.9 Å². The molecule has 1 saturated heterocycles. The van der Waals surface area contributed by atoms with E-state index < -0.39 is 0 Å². The van der Waals surface area contributed by atoms with Crippen LogP contribution in [0.3, 0.4) is 0 Å². The molecule has 0 radical (unpaired) electrons. The average Bonchev–Trinajstić information content (AvgIpc) is 2.88. The van der Waals surface area contributed by atoms with E-state index in [1.165, 1.54) is 0 Å². The van der Waals surface area contributed by atoms with Crippen LogP contribution in [-0.4, -0.2) is 19.3 Å². The second-order valence-electron chi connectivity index (χ2n) is 4.17. The summed E-state index contributed by atoms with van der Waals surface area (Å²) in [5.74, 6) is 1.69. The average molecular weight is 225 g/mol. The fourth-order valence-electron chi connectivity index (χ4n) is 1.93. The largest absolute Gasteiger partial charge is 0.462 e. The molecule has 90 valence electrons. The first kappa shape index (κ1) is 11.6. The van der Waals surface area contributed by atoms with Crippen LogP contribution in [0.25, 0.3) is 0 Å². The number of hydrogen-bond donors (Lipinski definition) is 1. The zero-order chi connectivity index (χ0) is 11.4. The van der Waals surface area contributed by atoms with Crippen LogP contribution in [0.5, 0.6) is 0 Å². The van der Waals surface area contributed by atoms with Crippen LogP contribution in [0.4, 0.5) is 0 Å². The molecule has 2 heterocycles. The Bertz CT molecular complexity index is 329. The monoisotopic (exact) mass is 225 g/mol. The highest BCUT2D eigenvalue weighted by Crippen LogP contribution is 2.16. The number of nitrogens with two attached hydrogens (primary N) is 1. The zero-order valence-corrected chi connectivity index (χ0v) is 9.70. The first-order valence-corrected chi connectivity index (χ1v) is 5.77. The third-order valence-corrected chi connectivity index (χ3v) is 2.83. The Kier molecular flexibility index (Phi) is 3.98. The highest BCUT2D eigenvalue weighted by Gasteiger charge is 2.15. The molecule has 1 aromatic heterocycles. The minimum absolute atomic E-state index is 0.269. The molecule has 0 amide bonds. The molecule has 0 aromatic carbocycles. The Morgan fingerprint density at radius 2 is 2.44 bits per heavy atom. The van der Waals surface area contributed by atoms with Crippen molar-refractivity contribution in [3.63, 3.8) is 0 Å². The van der Waals surface area contributed by atoms with Crippen molar-refractivity contribution in [3.8, 4) is 0 Å². The van der Waals surface area contributed by atoms with Gasteiger partial charge in [-0.05, 0) is 31.4 Å². The Hall–Kier alpha value is -0.840. The number of rotatable bonds is 5. The summed E-state index contributed by atoms with van der Waals surface area (Å²) in [4.78, 5) is 0. The molecule has 4 heteroatoms. The van der Waals surface area contributed by atoms with E-state index in [1.54, 1.807) is 0 Å². The van der Waals surface area contributed by atoms with Crippen molar-refractivity contribution in [2.45, 2.75) is 39.0 Å². The quantitative estimate of drug-likeness (QED) is 0.829. The number of ether oxygens (including phenoxy) is 2. The maximum atomic E-state index is 5.56. The van der Waals surface area contributed by atoms with Crippen molar-refractivity contribution in [1.82, 2.24) is 0 Å². The van der Waals surface area contributed by atoms with Gasteiger partial charge in [-0.2, -0.15) is 0 Å². The van der Waals surface area contributed by atoms with E-state index in [0.717, 1.165) is 36.5 Å². The standard InChI is InChI=1S/C12H19NO3/c1-9-5-11(16-12(9)6-13)8-14-7-10-3-2-4-15-10/h5,10H,2-4,6-8,13H2,1H3. The Morgan fingerprint density at radius 1 is 1.56 bits per heavy atom. The summed E-state index contributed by atoms with van der Waals surface area (Å²) >= 11 is 0. The van der Waals surface area contributed by atoms with Gasteiger partial charge in [0.1, 0.15) is 18.1 Å². The van der Waals surface area contributed by atoms with Crippen LogP contribution in [0.2, 0.25) is 0 Å². The second kappa shape index (κ2) is 5.48. The maximum absolute atomic E-state index is 5.56. The molecule has 0 spiro atoms. The smallest absolute Gasteiger partial charge is 0.130 e. The van der Waals surface area contributed by atoms with Gasteiger partial charge < -0.3 is 19.6 Å². The summed E-state index contributed by atoms with van der Waals surface area (Å²) in [6, 6.07) is 1.98. The summed E-state index contributed by atoms with van der Waals surface area (Å²) in [6.45, 7) is 4.45. The second-order valence-corrected chi connectivity index (χ2v) is 4.17. The van der Waals surface area contributed by atoms with E-state index in [-0.39, 0.29) is 6.10 Å². The first-order chi connectivity index (χ1) is 7.79. The van der Waals surface area contributed by atoms with E-state index in [2.05, 4.69) is 0 Å². The molecule has 2 N–H and O–H groups in total. The molecule has 1 aromatic rings. The van der Waals surface area contributed by atoms with Gasteiger partial charge in [-0.15, -0.1) is 0 Å². The topological polar surface area (TPSA) is 57.6 Å².